The second-order valence-electron chi connectivity index (χ2n) is 4.93. The minimum Gasteiger partial charge on any atom is -0.497 e. The van der Waals surface area contributed by atoms with E-state index in [4.69, 9.17) is 4.74 Å². The Bertz CT molecular complexity index is 792. The lowest BCUT2D eigenvalue weighted by Gasteiger charge is -2.16. The summed E-state index contributed by atoms with van der Waals surface area (Å²) in [5, 5.41) is 4.50. The van der Waals surface area contributed by atoms with E-state index in [1.807, 2.05) is 53.9 Å². The summed E-state index contributed by atoms with van der Waals surface area (Å²) in [7, 11) is 1.60. The molecule has 2 aromatic carbocycles. The predicted molar refractivity (Wildman–Crippen MR) is 98.8 cm³/mol. The van der Waals surface area contributed by atoms with Gasteiger partial charge in [-0.05, 0) is 17.7 Å². The molecule has 0 fully saturated rings. The van der Waals surface area contributed by atoms with Crippen molar-refractivity contribution in [2.75, 3.05) is 12.4 Å². The molecular weight excluding hydrogens is 340 g/mol. The molecule has 4 nitrogen and oxygen atoms in total. The van der Waals surface area contributed by atoms with Gasteiger partial charge in [0.2, 0.25) is 5.91 Å². The van der Waals surface area contributed by atoms with Gasteiger partial charge in [-0.1, -0.05) is 48.2 Å². The molecule has 1 aromatic heterocycles. The molecule has 1 heterocycles. The van der Waals surface area contributed by atoms with Crippen LogP contribution in [-0.4, -0.2) is 18.0 Å². The summed E-state index contributed by atoms with van der Waals surface area (Å²) >= 11 is 2.98. The highest BCUT2D eigenvalue weighted by atomic mass is 32.2. The van der Waals surface area contributed by atoms with Crippen molar-refractivity contribution in [2.45, 2.75) is 9.59 Å². The van der Waals surface area contributed by atoms with E-state index in [-0.39, 0.29) is 11.2 Å². The molecule has 0 bridgehead atoms. The zero-order chi connectivity index (χ0) is 16.8. The average Bonchev–Trinajstić information content (AvgIpc) is 3.14. The quantitative estimate of drug-likeness (QED) is 0.655. The monoisotopic (exact) mass is 356 g/mol. The van der Waals surface area contributed by atoms with Crippen LogP contribution in [0.2, 0.25) is 0 Å². The van der Waals surface area contributed by atoms with Crippen LogP contribution in [0.25, 0.3) is 0 Å². The third kappa shape index (κ3) is 4.15. The number of carbonyl (C=O) groups excluding carboxylic acids is 1. The summed E-state index contributed by atoms with van der Waals surface area (Å²) in [6, 6.07) is 17.0. The number of methoxy groups -OCH3 is 1. The number of aromatic nitrogens is 1. The van der Waals surface area contributed by atoms with Crippen molar-refractivity contribution in [3.63, 3.8) is 0 Å². The Morgan fingerprint density at radius 3 is 2.75 bits per heavy atom. The van der Waals surface area contributed by atoms with Crippen LogP contribution < -0.4 is 10.1 Å². The third-order valence-corrected chi connectivity index (χ3v) is 5.48. The number of hydrogen-bond donors (Lipinski definition) is 1. The largest absolute Gasteiger partial charge is 0.497 e. The first-order valence-electron chi connectivity index (χ1n) is 7.32. The predicted octanol–water partition coefficient (Wildman–Crippen LogP) is 4.62. The maximum absolute atomic E-state index is 12.8. The Labute approximate surface area is 148 Å². The lowest BCUT2D eigenvalue weighted by atomic mass is 10.1. The highest BCUT2D eigenvalue weighted by molar-refractivity contribution is 8.01. The number of anilines is 1. The van der Waals surface area contributed by atoms with Crippen molar-refractivity contribution in [3.05, 3.63) is 71.7 Å². The highest BCUT2D eigenvalue weighted by Gasteiger charge is 2.23. The zero-order valence-electron chi connectivity index (χ0n) is 13.0. The molecule has 0 aliphatic heterocycles. The summed E-state index contributed by atoms with van der Waals surface area (Å²) in [5.74, 6) is 0.617. The number of nitrogens with zero attached hydrogens (tertiary/aromatic N) is 1. The van der Waals surface area contributed by atoms with E-state index < -0.39 is 0 Å². The molecule has 1 atom stereocenters. The van der Waals surface area contributed by atoms with Crippen molar-refractivity contribution in [3.8, 4) is 5.75 Å². The van der Waals surface area contributed by atoms with Gasteiger partial charge in [0.1, 0.15) is 11.0 Å². The summed E-state index contributed by atoms with van der Waals surface area (Å²) in [6.07, 6.45) is 1.75. The Kier molecular flexibility index (Phi) is 5.51. The third-order valence-electron chi connectivity index (χ3n) is 3.31. The molecule has 0 aliphatic rings. The number of rotatable bonds is 6. The SMILES string of the molecule is COc1cccc(NC(=O)C(Sc2nccs2)c2ccccc2)c1. The van der Waals surface area contributed by atoms with Crippen LogP contribution in [0.1, 0.15) is 10.8 Å². The Hall–Kier alpha value is -2.31. The molecule has 0 radical (unpaired) electrons. The number of carbonyl (C=O) groups is 1. The first-order chi connectivity index (χ1) is 11.8. The fourth-order valence-electron chi connectivity index (χ4n) is 2.18. The van der Waals surface area contributed by atoms with Gasteiger partial charge in [0.15, 0.2) is 4.34 Å². The first-order valence-corrected chi connectivity index (χ1v) is 9.08. The van der Waals surface area contributed by atoms with E-state index in [1.165, 1.54) is 23.1 Å². The topological polar surface area (TPSA) is 51.2 Å². The number of thioether (sulfide) groups is 1. The molecule has 3 rings (SSSR count). The first kappa shape index (κ1) is 16.5. The lowest BCUT2D eigenvalue weighted by Crippen LogP contribution is -2.19. The molecule has 1 N–H and O–H groups in total. The van der Waals surface area contributed by atoms with Crippen molar-refractivity contribution in [2.24, 2.45) is 0 Å². The molecule has 0 saturated heterocycles. The normalized spacial score (nSPS) is 11.7. The summed E-state index contributed by atoms with van der Waals surface area (Å²) < 4.78 is 6.07. The van der Waals surface area contributed by atoms with E-state index in [9.17, 15) is 4.79 Å². The molecule has 1 amide bonds. The second-order valence-corrected chi connectivity index (χ2v) is 7.17. The summed E-state index contributed by atoms with van der Waals surface area (Å²) in [5.41, 5.74) is 1.65. The fraction of sp³-hybridized carbons (Fsp3) is 0.111. The second kappa shape index (κ2) is 7.99. The molecule has 0 saturated carbocycles. The Morgan fingerprint density at radius 1 is 1.21 bits per heavy atom. The number of hydrogen-bond acceptors (Lipinski definition) is 5. The minimum atomic E-state index is -0.372. The molecular formula is C18H16N2O2S2. The molecule has 0 spiro atoms. The Morgan fingerprint density at radius 2 is 2.04 bits per heavy atom. The van der Waals surface area contributed by atoms with Crippen molar-refractivity contribution >= 4 is 34.7 Å². The van der Waals surface area contributed by atoms with Gasteiger partial charge in [-0.25, -0.2) is 4.98 Å². The maximum atomic E-state index is 12.8. The summed E-state index contributed by atoms with van der Waals surface area (Å²) in [6.45, 7) is 0. The number of amides is 1. The van der Waals surface area contributed by atoms with Crippen LogP contribution >= 0.6 is 23.1 Å². The van der Waals surface area contributed by atoms with Gasteiger partial charge in [0.05, 0.1) is 7.11 Å². The average molecular weight is 356 g/mol. The number of nitrogens with one attached hydrogen (secondary N) is 1. The van der Waals surface area contributed by atoms with E-state index in [0.717, 1.165) is 9.90 Å². The van der Waals surface area contributed by atoms with Crippen LogP contribution in [0.3, 0.4) is 0 Å². The van der Waals surface area contributed by atoms with Gasteiger partial charge in [-0.3, -0.25) is 4.79 Å². The van der Waals surface area contributed by atoms with E-state index in [1.54, 1.807) is 19.4 Å². The summed E-state index contributed by atoms with van der Waals surface area (Å²) in [4.78, 5) is 17.1. The number of thiazole rings is 1. The standard InChI is InChI=1S/C18H16N2O2S2/c1-22-15-9-5-8-14(12-15)20-17(21)16(13-6-3-2-4-7-13)24-18-19-10-11-23-18/h2-12,16H,1H3,(H,20,21). The van der Waals surface area contributed by atoms with Crippen LogP contribution in [0.15, 0.2) is 70.5 Å². The van der Waals surface area contributed by atoms with Crippen LogP contribution in [0, 0.1) is 0 Å². The van der Waals surface area contributed by atoms with E-state index in [2.05, 4.69) is 10.3 Å². The molecule has 0 aliphatic carbocycles. The van der Waals surface area contributed by atoms with E-state index in [0.29, 0.717) is 11.4 Å². The van der Waals surface area contributed by atoms with Crippen molar-refractivity contribution < 1.29 is 9.53 Å². The molecule has 122 valence electrons. The fourth-order valence-corrected chi connectivity index (χ4v) is 4.00. The van der Waals surface area contributed by atoms with Gasteiger partial charge < -0.3 is 10.1 Å². The van der Waals surface area contributed by atoms with Crippen LogP contribution in [-0.2, 0) is 4.79 Å². The van der Waals surface area contributed by atoms with Crippen LogP contribution in [0.5, 0.6) is 5.75 Å². The maximum Gasteiger partial charge on any atom is 0.242 e. The van der Waals surface area contributed by atoms with Crippen molar-refractivity contribution in [1.29, 1.82) is 0 Å². The molecule has 6 heteroatoms. The molecule has 3 aromatic rings. The van der Waals surface area contributed by atoms with Crippen molar-refractivity contribution in [1.82, 2.24) is 4.98 Å². The van der Waals surface area contributed by atoms with Gasteiger partial charge in [0, 0.05) is 23.3 Å². The molecule has 24 heavy (non-hydrogen) atoms. The minimum absolute atomic E-state index is 0.0883. The number of benzene rings is 2. The van der Waals surface area contributed by atoms with Gasteiger partial charge >= 0.3 is 0 Å². The Balaban J connectivity index is 1.82. The molecule has 1 unspecified atom stereocenters. The van der Waals surface area contributed by atoms with Crippen LogP contribution in [0.4, 0.5) is 5.69 Å². The van der Waals surface area contributed by atoms with Gasteiger partial charge in [0.25, 0.3) is 0 Å². The van der Waals surface area contributed by atoms with Gasteiger partial charge in [-0.2, -0.15) is 0 Å². The zero-order valence-corrected chi connectivity index (χ0v) is 14.6. The smallest absolute Gasteiger partial charge is 0.242 e. The highest BCUT2D eigenvalue weighted by Crippen LogP contribution is 2.37. The van der Waals surface area contributed by atoms with E-state index >= 15 is 0 Å². The van der Waals surface area contributed by atoms with Gasteiger partial charge in [-0.15, -0.1) is 11.3 Å². The number of ether oxygens (including phenoxy) is 1. The lowest BCUT2D eigenvalue weighted by molar-refractivity contribution is -0.115.